The fourth-order valence-corrected chi connectivity index (χ4v) is 4.51. The predicted molar refractivity (Wildman–Crippen MR) is 138 cm³/mol. The number of benzene rings is 2. The SMILES string of the molecule is COC(=O)[C@@H]1CC(Oc2nc(-c3ccc(C(F)(F)F)cc3)nc3c2oc2ccccc23)CN1C(=O)OC(C)(C)C. The second-order valence-corrected chi connectivity index (χ2v) is 10.4. The van der Waals surface area contributed by atoms with Crippen molar-refractivity contribution >= 4 is 34.1 Å². The van der Waals surface area contributed by atoms with E-state index in [0.717, 1.165) is 12.1 Å². The first-order valence-corrected chi connectivity index (χ1v) is 12.4. The van der Waals surface area contributed by atoms with Crippen molar-refractivity contribution < 1.29 is 41.4 Å². The molecule has 5 rings (SSSR count). The number of aromatic nitrogens is 2. The molecular weight excluding hydrogens is 531 g/mol. The number of furan rings is 1. The summed E-state index contributed by atoms with van der Waals surface area (Å²) >= 11 is 0. The van der Waals surface area contributed by atoms with Crippen molar-refractivity contribution in [3.63, 3.8) is 0 Å². The number of carbonyl (C=O) groups excluding carboxylic acids is 2. The van der Waals surface area contributed by atoms with Gasteiger partial charge in [-0.3, -0.25) is 4.90 Å². The van der Waals surface area contributed by atoms with Gasteiger partial charge in [0.25, 0.3) is 5.88 Å². The Hall–Kier alpha value is -4.35. The summed E-state index contributed by atoms with van der Waals surface area (Å²) in [5.74, 6) is -0.482. The molecule has 9 nitrogen and oxygen atoms in total. The van der Waals surface area contributed by atoms with Crippen LogP contribution in [0.1, 0.15) is 32.8 Å². The van der Waals surface area contributed by atoms with Crippen LogP contribution in [0.2, 0.25) is 0 Å². The molecule has 0 radical (unpaired) electrons. The van der Waals surface area contributed by atoms with E-state index >= 15 is 0 Å². The number of ether oxygens (including phenoxy) is 3. The zero-order valence-electron chi connectivity index (χ0n) is 22.1. The van der Waals surface area contributed by atoms with E-state index < -0.39 is 41.5 Å². The Balaban J connectivity index is 1.53. The van der Waals surface area contributed by atoms with E-state index in [-0.39, 0.29) is 30.3 Å². The van der Waals surface area contributed by atoms with E-state index in [1.807, 2.05) is 0 Å². The maximum absolute atomic E-state index is 13.1. The molecule has 0 aliphatic carbocycles. The number of likely N-dealkylation sites (tertiary alicyclic amines) is 1. The van der Waals surface area contributed by atoms with Crippen LogP contribution in [0.5, 0.6) is 5.88 Å². The van der Waals surface area contributed by atoms with Gasteiger partial charge in [0, 0.05) is 17.4 Å². The smallest absolute Gasteiger partial charge is 0.416 e. The van der Waals surface area contributed by atoms with Gasteiger partial charge >= 0.3 is 18.2 Å². The van der Waals surface area contributed by atoms with Gasteiger partial charge in [-0.05, 0) is 45.0 Å². The Morgan fingerprint density at radius 1 is 1.02 bits per heavy atom. The van der Waals surface area contributed by atoms with Crippen molar-refractivity contribution in [1.82, 2.24) is 14.9 Å². The average Bonchev–Trinajstić information content (AvgIpc) is 3.49. The minimum Gasteiger partial charge on any atom is -0.470 e. The summed E-state index contributed by atoms with van der Waals surface area (Å²) in [5.41, 5.74) is -0.121. The van der Waals surface area contributed by atoms with Crippen LogP contribution in [0.25, 0.3) is 33.5 Å². The minimum absolute atomic E-state index is 0.00395. The van der Waals surface area contributed by atoms with E-state index in [4.69, 9.17) is 18.6 Å². The number of fused-ring (bicyclic) bond motifs is 3. The highest BCUT2D eigenvalue weighted by atomic mass is 19.4. The Labute approximate surface area is 226 Å². The third-order valence-electron chi connectivity index (χ3n) is 6.30. The molecule has 4 aromatic rings. The Morgan fingerprint density at radius 2 is 1.73 bits per heavy atom. The van der Waals surface area contributed by atoms with Gasteiger partial charge in [-0.25, -0.2) is 14.6 Å². The number of alkyl halides is 3. The lowest BCUT2D eigenvalue weighted by atomic mass is 10.1. The zero-order valence-corrected chi connectivity index (χ0v) is 22.1. The van der Waals surface area contributed by atoms with E-state index in [2.05, 4.69) is 9.97 Å². The van der Waals surface area contributed by atoms with Gasteiger partial charge in [0.05, 0.1) is 19.2 Å². The highest BCUT2D eigenvalue weighted by Gasteiger charge is 2.44. The molecule has 2 aromatic carbocycles. The fourth-order valence-electron chi connectivity index (χ4n) is 4.51. The number of hydrogen-bond acceptors (Lipinski definition) is 8. The number of esters is 1. The van der Waals surface area contributed by atoms with Gasteiger partial charge in [0.1, 0.15) is 28.8 Å². The lowest BCUT2D eigenvalue weighted by Gasteiger charge is -2.27. The summed E-state index contributed by atoms with van der Waals surface area (Å²) < 4.78 is 61.9. The molecule has 2 aromatic heterocycles. The molecule has 0 spiro atoms. The van der Waals surface area contributed by atoms with Gasteiger partial charge in [0.15, 0.2) is 5.82 Å². The summed E-state index contributed by atoms with van der Waals surface area (Å²) in [6.45, 7) is 5.13. The van der Waals surface area contributed by atoms with E-state index in [1.54, 1.807) is 45.0 Å². The van der Waals surface area contributed by atoms with Crippen LogP contribution in [-0.4, -0.2) is 58.3 Å². The molecule has 1 unspecified atom stereocenters. The first-order chi connectivity index (χ1) is 18.8. The zero-order chi connectivity index (χ0) is 28.8. The van der Waals surface area contributed by atoms with Crippen LogP contribution in [0.4, 0.5) is 18.0 Å². The molecule has 1 amide bonds. The van der Waals surface area contributed by atoms with Crippen molar-refractivity contribution in [2.45, 2.75) is 51.1 Å². The molecule has 0 N–H and O–H groups in total. The molecule has 12 heteroatoms. The molecule has 210 valence electrons. The second-order valence-electron chi connectivity index (χ2n) is 10.4. The van der Waals surface area contributed by atoms with Crippen LogP contribution < -0.4 is 4.74 Å². The average molecular weight is 558 g/mol. The lowest BCUT2D eigenvalue weighted by molar-refractivity contribution is -0.145. The molecule has 40 heavy (non-hydrogen) atoms. The van der Waals surface area contributed by atoms with E-state index in [1.165, 1.54) is 24.1 Å². The normalized spacial score (nSPS) is 17.8. The largest absolute Gasteiger partial charge is 0.470 e. The predicted octanol–water partition coefficient (Wildman–Crippen LogP) is 5.99. The van der Waals surface area contributed by atoms with Gasteiger partial charge in [0.2, 0.25) is 5.58 Å². The topological polar surface area (TPSA) is 104 Å². The number of methoxy groups -OCH3 is 1. The first-order valence-electron chi connectivity index (χ1n) is 12.4. The highest BCUT2D eigenvalue weighted by molar-refractivity contribution is 6.04. The molecule has 1 aliphatic rings. The third kappa shape index (κ3) is 5.38. The number of hydrogen-bond donors (Lipinski definition) is 0. The number of rotatable bonds is 4. The van der Waals surface area contributed by atoms with E-state index in [0.29, 0.717) is 22.0 Å². The van der Waals surface area contributed by atoms with Crippen molar-refractivity contribution in [1.29, 1.82) is 0 Å². The Kier molecular flexibility index (Phi) is 6.80. The molecular formula is C28H26F3N3O6. The first kappa shape index (κ1) is 27.2. The third-order valence-corrected chi connectivity index (χ3v) is 6.30. The monoisotopic (exact) mass is 557 g/mol. The molecule has 1 saturated heterocycles. The van der Waals surface area contributed by atoms with Gasteiger partial charge < -0.3 is 18.6 Å². The van der Waals surface area contributed by atoms with Crippen LogP contribution in [-0.2, 0) is 20.4 Å². The Bertz CT molecular complexity index is 1580. The van der Waals surface area contributed by atoms with Crippen molar-refractivity contribution in [2.24, 2.45) is 0 Å². The minimum atomic E-state index is -4.49. The maximum atomic E-state index is 13.1. The standard InChI is InChI=1S/C28H26F3N3O6/c1-27(2,3)40-26(36)34-14-17(13-19(34)25(35)37-4)38-24-22-21(18-7-5-6-8-20(18)39-22)32-23(33-24)15-9-11-16(12-10-15)28(29,30)31/h5-12,17,19H,13-14H2,1-4H3/t17?,19-/m0/s1. The summed E-state index contributed by atoms with van der Waals surface area (Å²) in [4.78, 5) is 35.7. The van der Waals surface area contributed by atoms with Crippen molar-refractivity contribution in [3.05, 3.63) is 54.1 Å². The molecule has 0 bridgehead atoms. The lowest BCUT2D eigenvalue weighted by Crippen LogP contribution is -2.44. The fraction of sp³-hybridized carbons (Fsp3) is 0.357. The molecule has 1 fully saturated rings. The Morgan fingerprint density at radius 3 is 2.38 bits per heavy atom. The second kappa shape index (κ2) is 10.00. The number of nitrogens with zero attached hydrogens (tertiary/aromatic N) is 3. The van der Waals surface area contributed by atoms with Gasteiger partial charge in [-0.15, -0.1) is 0 Å². The van der Waals surface area contributed by atoms with Crippen molar-refractivity contribution in [3.8, 4) is 17.3 Å². The molecule has 1 aliphatic heterocycles. The van der Waals surface area contributed by atoms with E-state index in [9.17, 15) is 22.8 Å². The van der Waals surface area contributed by atoms with Crippen LogP contribution in [0.3, 0.4) is 0 Å². The van der Waals surface area contributed by atoms with Crippen LogP contribution in [0, 0.1) is 0 Å². The number of halogens is 3. The highest BCUT2D eigenvalue weighted by Crippen LogP contribution is 2.37. The summed E-state index contributed by atoms with van der Waals surface area (Å²) in [6, 6.07) is 10.6. The number of amides is 1. The molecule has 0 saturated carbocycles. The number of para-hydroxylation sites is 1. The number of carbonyl (C=O) groups is 2. The van der Waals surface area contributed by atoms with Gasteiger partial charge in [-0.2, -0.15) is 18.2 Å². The molecule has 2 atom stereocenters. The van der Waals surface area contributed by atoms with Crippen molar-refractivity contribution in [2.75, 3.05) is 13.7 Å². The molecule has 3 heterocycles. The van der Waals surface area contributed by atoms with Crippen LogP contribution in [0.15, 0.2) is 52.9 Å². The van der Waals surface area contributed by atoms with Gasteiger partial charge in [-0.1, -0.05) is 24.3 Å². The summed E-state index contributed by atoms with van der Waals surface area (Å²) in [5, 5.41) is 0.659. The van der Waals surface area contributed by atoms with Crippen LogP contribution >= 0.6 is 0 Å². The maximum Gasteiger partial charge on any atom is 0.416 e. The summed E-state index contributed by atoms with van der Waals surface area (Å²) in [6.07, 6.45) is -5.80. The quantitative estimate of drug-likeness (QED) is 0.282. The summed E-state index contributed by atoms with van der Waals surface area (Å²) in [7, 11) is 1.22.